The second-order valence-electron chi connectivity index (χ2n) is 9.59. The summed E-state index contributed by atoms with van der Waals surface area (Å²) in [5.74, 6) is 10.3. The first-order chi connectivity index (χ1) is 20.5. The normalized spacial score (nSPS) is 11.6. The van der Waals surface area contributed by atoms with E-state index in [-0.39, 0.29) is 47.1 Å². The molecule has 1 aromatic heterocycles. The molecule has 11 N–H and O–H groups in total. The van der Waals surface area contributed by atoms with Crippen molar-refractivity contribution < 1.29 is 24.6 Å². The predicted octanol–water partition coefficient (Wildman–Crippen LogP) is 2.14. The van der Waals surface area contributed by atoms with Crippen LogP contribution in [-0.2, 0) is 22.4 Å². The summed E-state index contributed by atoms with van der Waals surface area (Å²) >= 11 is 0. The quantitative estimate of drug-likeness (QED) is 0.106. The van der Waals surface area contributed by atoms with E-state index in [1.165, 1.54) is 34.6 Å². The number of rotatable bonds is 14. The minimum Gasteiger partial charge on any atom is -0.481 e. The van der Waals surface area contributed by atoms with Gasteiger partial charge < -0.3 is 27.0 Å². The zero-order chi connectivity index (χ0) is 31.5. The Hall–Kier alpha value is -5.40. The van der Waals surface area contributed by atoms with E-state index in [0.29, 0.717) is 30.8 Å². The summed E-state index contributed by atoms with van der Waals surface area (Å²) < 4.78 is 0. The van der Waals surface area contributed by atoms with Gasteiger partial charge in [-0.15, -0.1) is 0 Å². The van der Waals surface area contributed by atoms with Gasteiger partial charge in [0.2, 0.25) is 0 Å². The lowest BCUT2D eigenvalue weighted by Crippen LogP contribution is -2.27. The Bertz CT molecular complexity index is 1400. The molecule has 1 amide bonds. The van der Waals surface area contributed by atoms with Crippen LogP contribution in [0.1, 0.15) is 52.6 Å². The highest BCUT2D eigenvalue weighted by atomic mass is 16.4. The molecule has 0 fully saturated rings. The highest BCUT2D eigenvalue weighted by molar-refractivity contribution is 5.95. The molecular formula is C30H36N8O5. The number of carboxylic acid groups (broad SMARTS) is 2. The molecule has 226 valence electrons. The van der Waals surface area contributed by atoms with Crippen LogP contribution < -0.4 is 38.5 Å². The van der Waals surface area contributed by atoms with Gasteiger partial charge in [0.05, 0.1) is 34.2 Å². The largest absolute Gasteiger partial charge is 0.481 e. The fourth-order valence-corrected chi connectivity index (χ4v) is 3.97. The molecular weight excluding hydrogens is 552 g/mol. The third-order valence-corrected chi connectivity index (χ3v) is 6.30. The number of anilines is 2. The molecule has 3 aromatic rings. The van der Waals surface area contributed by atoms with Crippen LogP contribution in [0.5, 0.6) is 0 Å². The van der Waals surface area contributed by atoms with E-state index in [4.69, 9.17) is 33.4 Å². The van der Waals surface area contributed by atoms with E-state index < -0.39 is 11.9 Å². The molecule has 0 aliphatic heterocycles. The van der Waals surface area contributed by atoms with Crippen LogP contribution in [0.4, 0.5) is 11.4 Å². The Morgan fingerprint density at radius 1 is 0.767 bits per heavy atom. The van der Waals surface area contributed by atoms with Crippen LogP contribution in [0.2, 0.25) is 0 Å². The molecule has 0 atom stereocenters. The molecule has 13 nitrogen and oxygen atoms in total. The number of aromatic nitrogens is 1. The van der Waals surface area contributed by atoms with Gasteiger partial charge in [0.15, 0.2) is 0 Å². The van der Waals surface area contributed by atoms with Crippen molar-refractivity contribution in [3.8, 4) is 0 Å². The lowest BCUT2D eigenvalue weighted by Gasteiger charge is -2.17. The molecule has 0 aliphatic carbocycles. The third-order valence-electron chi connectivity index (χ3n) is 6.30. The summed E-state index contributed by atoms with van der Waals surface area (Å²) in [6.07, 6.45) is 3.72. The standard InChI is InChI=1S/C30H36N8O5/c1-2-35-30(43)21-15-26(24(31)17-37(33)22-9-3-19(4-10-22)7-13-28(39)40)36-27(16-21)25(32)18-38(34)23-11-5-20(6-12-23)8-14-29(41)42/h3-6,9-12,15-18H,2,7-8,13-14,31-34H2,1H3,(H,35,43)(H,39,40)(H,41,42)/b24-17-,25-18-. The average molecular weight is 589 g/mol. The van der Waals surface area contributed by atoms with Crippen molar-refractivity contribution in [2.24, 2.45) is 23.2 Å². The monoisotopic (exact) mass is 588 g/mol. The molecule has 1 heterocycles. The van der Waals surface area contributed by atoms with Gasteiger partial charge in [-0.05, 0) is 67.3 Å². The topological polar surface area (TPSA) is 227 Å². The lowest BCUT2D eigenvalue weighted by molar-refractivity contribution is -0.138. The number of carbonyl (C=O) groups excluding carboxylic acids is 1. The van der Waals surface area contributed by atoms with Gasteiger partial charge in [-0.25, -0.2) is 16.7 Å². The number of hydrogen-bond acceptors (Lipinski definition) is 10. The molecule has 13 heteroatoms. The zero-order valence-corrected chi connectivity index (χ0v) is 23.7. The summed E-state index contributed by atoms with van der Waals surface area (Å²) in [5, 5.41) is 23.1. The molecule has 0 saturated heterocycles. The maximum atomic E-state index is 12.7. The van der Waals surface area contributed by atoms with Gasteiger partial charge >= 0.3 is 11.9 Å². The van der Waals surface area contributed by atoms with Crippen LogP contribution in [0.3, 0.4) is 0 Å². The van der Waals surface area contributed by atoms with Gasteiger partial charge in [0.1, 0.15) is 0 Å². The van der Waals surface area contributed by atoms with Crippen LogP contribution in [0, 0.1) is 0 Å². The van der Waals surface area contributed by atoms with E-state index in [1.807, 2.05) is 0 Å². The minimum atomic E-state index is -0.875. The summed E-state index contributed by atoms with van der Waals surface area (Å²) in [6.45, 7) is 2.20. The third kappa shape index (κ3) is 9.59. The molecule has 2 aromatic carbocycles. The fraction of sp³-hybridized carbons (Fsp3) is 0.200. The summed E-state index contributed by atoms with van der Waals surface area (Å²) in [6, 6.07) is 17.1. The first-order valence-corrected chi connectivity index (χ1v) is 13.4. The van der Waals surface area contributed by atoms with Gasteiger partial charge in [0.25, 0.3) is 5.91 Å². The summed E-state index contributed by atoms with van der Waals surface area (Å²) in [4.78, 5) is 38.9. The minimum absolute atomic E-state index is 0.0227. The van der Waals surface area contributed by atoms with Crippen molar-refractivity contribution in [1.29, 1.82) is 0 Å². The number of hydrazine groups is 2. The molecule has 3 rings (SSSR count). The average Bonchev–Trinajstić information content (AvgIpc) is 2.99. The maximum Gasteiger partial charge on any atom is 0.303 e. The van der Waals surface area contributed by atoms with Crippen molar-refractivity contribution in [3.63, 3.8) is 0 Å². The second kappa shape index (κ2) is 15.0. The number of nitrogens with one attached hydrogen (secondary N) is 1. The molecule has 43 heavy (non-hydrogen) atoms. The molecule has 0 aliphatic rings. The number of benzene rings is 2. The number of pyridine rings is 1. The molecule has 0 radical (unpaired) electrons. The highest BCUT2D eigenvalue weighted by Gasteiger charge is 2.14. The summed E-state index contributed by atoms with van der Waals surface area (Å²) in [5.41, 5.74) is 16.7. The number of amides is 1. The van der Waals surface area contributed by atoms with Gasteiger partial charge in [-0.3, -0.25) is 24.4 Å². The first kappa shape index (κ1) is 32.1. The van der Waals surface area contributed by atoms with E-state index in [0.717, 1.165) is 11.1 Å². The Morgan fingerprint density at radius 2 is 1.16 bits per heavy atom. The van der Waals surface area contributed by atoms with Crippen molar-refractivity contribution >= 4 is 40.6 Å². The van der Waals surface area contributed by atoms with E-state index in [1.54, 1.807) is 55.5 Å². The lowest BCUT2D eigenvalue weighted by atomic mass is 10.1. The SMILES string of the molecule is CCNC(=O)c1cc(/C(N)=C/N(N)c2ccc(CCC(=O)O)cc2)nc(/C(N)=C/N(N)c2ccc(CCC(=O)O)cc2)c1. The highest BCUT2D eigenvalue weighted by Crippen LogP contribution is 2.20. The van der Waals surface area contributed by atoms with Crippen LogP contribution in [0.15, 0.2) is 73.1 Å². The Kier molecular flexibility index (Phi) is 11.2. The second-order valence-corrected chi connectivity index (χ2v) is 9.59. The van der Waals surface area contributed by atoms with Crippen LogP contribution >= 0.6 is 0 Å². The number of carboxylic acids is 2. The van der Waals surface area contributed by atoms with Gasteiger partial charge in [-0.1, -0.05) is 24.3 Å². The van der Waals surface area contributed by atoms with Crippen LogP contribution in [-0.4, -0.2) is 39.6 Å². The van der Waals surface area contributed by atoms with E-state index in [2.05, 4.69) is 10.3 Å². The van der Waals surface area contributed by atoms with Crippen LogP contribution in [0.25, 0.3) is 11.4 Å². The first-order valence-electron chi connectivity index (χ1n) is 13.4. The number of aryl methyl sites for hydroxylation is 2. The van der Waals surface area contributed by atoms with Gasteiger partial charge in [0, 0.05) is 37.3 Å². The number of carbonyl (C=O) groups is 3. The van der Waals surface area contributed by atoms with E-state index >= 15 is 0 Å². The van der Waals surface area contributed by atoms with Crippen molar-refractivity contribution in [1.82, 2.24) is 10.3 Å². The smallest absolute Gasteiger partial charge is 0.303 e. The zero-order valence-electron chi connectivity index (χ0n) is 23.7. The predicted molar refractivity (Wildman–Crippen MR) is 165 cm³/mol. The fourth-order valence-electron chi connectivity index (χ4n) is 3.97. The number of nitrogens with zero attached hydrogens (tertiary/aromatic N) is 3. The number of aliphatic carboxylic acids is 2. The number of hydrogen-bond donors (Lipinski definition) is 7. The van der Waals surface area contributed by atoms with Gasteiger partial charge in [-0.2, -0.15) is 0 Å². The molecule has 0 unspecified atom stereocenters. The van der Waals surface area contributed by atoms with Crippen molar-refractivity contribution in [3.05, 3.63) is 101 Å². The Morgan fingerprint density at radius 3 is 1.51 bits per heavy atom. The summed E-state index contributed by atoms with van der Waals surface area (Å²) in [7, 11) is 0. The van der Waals surface area contributed by atoms with Crippen molar-refractivity contribution in [2.45, 2.75) is 32.6 Å². The number of nitrogens with two attached hydrogens (primary N) is 4. The van der Waals surface area contributed by atoms with Crippen molar-refractivity contribution in [2.75, 3.05) is 16.6 Å². The Balaban J connectivity index is 1.87. The molecule has 0 bridgehead atoms. The van der Waals surface area contributed by atoms with E-state index in [9.17, 15) is 14.4 Å². The molecule has 0 spiro atoms. The molecule has 0 saturated carbocycles. The Labute approximate surface area is 249 Å². The maximum absolute atomic E-state index is 12.7.